The Morgan fingerprint density at radius 2 is 1.83 bits per heavy atom. The number of morpholine rings is 1. The van der Waals surface area contributed by atoms with Crippen molar-refractivity contribution in [3.63, 3.8) is 0 Å². The quantitative estimate of drug-likeness (QED) is 0.465. The minimum atomic E-state index is -0.220. The Kier molecular flexibility index (Phi) is 7.03. The molecule has 2 heterocycles. The Morgan fingerprint density at radius 3 is 2.63 bits per heavy atom. The van der Waals surface area contributed by atoms with Gasteiger partial charge in [0.15, 0.2) is 0 Å². The van der Waals surface area contributed by atoms with Gasteiger partial charge in [-0.25, -0.2) is 4.79 Å². The third kappa shape index (κ3) is 5.02. The summed E-state index contributed by atoms with van der Waals surface area (Å²) in [5.74, 6) is 0.777. The van der Waals surface area contributed by atoms with Crippen LogP contribution >= 0.6 is 11.3 Å². The smallest absolute Gasteiger partial charge is 0.409 e. The molecule has 0 aliphatic carbocycles. The number of rotatable bonds is 7. The molecule has 1 fully saturated rings. The van der Waals surface area contributed by atoms with Gasteiger partial charge in [0.2, 0.25) is 0 Å². The first-order chi connectivity index (χ1) is 14.7. The maximum absolute atomic E-state index is 12.3. The van der Waals surface area contributed by atoms with Gasteiger partial charge in [-0.2, -0.15) is 0 Å². The van der Waals surface area contributed by atoms with Gasteiger partial charge in [-0.05, 0) is 52.6 Å². The SMILES string of the molecule is C[C@@H](C[C@H](CCOC(=O)N1CCOCC1)c1ccccc1)c1csc2ccccc12. The summed E-state index contributed by atoms with van der Waals surface area (Å²) < 4.78 is 12.3. The Hall–Kier alpha value is -2.37. The van der Waals surface area contributed by atoms with Gasteiger partial charge in [-0.15, -0.1) is 11.3 Å². The molecule has 4 rings (SSSR count). The number of carbonyl (C=O) groups excluding carboxylic acids is 1. The minimum absolute atomic E-state index is 0.220. The zero-order valence-electron chi connectivity index (χ0n) is 17.5. The molecule has 158 valence electrons. The van der Waals surface area contributed by atoms with E-state index in [2.05, 4.69) is 66.9 Å². The third-order valence-corrected chi connectivity index (χ3v) is 6.89. The lowest BCUT2D eigenvalue weighted by atomic mass is 9.84. The van der Waals surface area contributed by atoms with Crippen LogP contribution in [0.3, 0.4) is 0 Å². The number of hydrogen-bond acceptors (Lipinski definition) is 4. The molecule has 30 heavy (non-hydrogen) atoms. The fourth-order valence-electron chi connectivity index (χ4n) is 4.21. The van der Waals surface area contributed by atoms with Crippen molar-refractivity contribution >= 4 is 27.5 Å². The molecule has 4 nitrogen and oxygen atoms in total. The van der Waals surface area contributed by atoms with Crippen LogP contribution in [-0.4, -0.2) is 43.9 Å². The van der Waals surface area contributed by atoms with Crippen LogP contribution in [0, 0.1) is 0 Å². The van der Waals surface area contributed by atoms with Crippen LogP contribution in [0.2, 0.25) is 0 Å². The predicted octanol–water partition coefficient (Wildman–Crippen LogP) is 6.04. The summed E-state index contributed by atoms with van der Waals surface area (Å²) in [6.45, 7) is 5.16. The number of ether oxygens (including phenoxy) is 2. The first-order valence-electron chi connectivity index (χ1n) is 10.7. The van der Waals surface area contributed by atoms with Gasteiger partial charge in [0.1, 0.15) is 0 Å². The van der Waals surface area contributed by atoms with E-state index in [1.807, 2.05) is 11.3 Å². The first kappa shape index (κ1) is 20.9. The number of benzene rings is 2. The van der Waals surface area contributed by atoms with Gasteiger partial charge in [0, 0.05) is 17.8 Å². The van der Waals surface area contributed by atoms with Crippen molar-refractivity contribution in [1.29, 1.82) is 0 Å². The van der Waals surface area contributed by atoms with Crippen LogP contribution < -0.4 is 0 Å². The Labute approximate surface area is 182 Å². The molecule has 1 saturated heterocycles. The molecule has 2 aromatic carbocycles. The van der Waals surface area contributed by atoms with Crippen LogP contribution in [0.1, 0.15) is 42.7 Å². The van der Waals surface area contributed by atoms with E-state index in [1.54, 1.807) is 4.90 Å². The van der Waals surface area contributed by atoms with E-state index in [0.717, 1.165) is 12.8 Å². The van der Waals surface area contributed by atoms with E-state index in [4.69, 9.17) is 9.47 Å². The van der Waals surface area contributed by atoms with Crippen molar-refractivity contribution in [3.05, 3.63) is 71.1 Å². The summed E-state index contributed by atoms with van der Waals surface area (Å²) in [4.78, 5) is 14.1. The molecule has 3 aromatic rings. The number of thiophene rings is 1. The number of hydrogen-bond donors (Lipinski definition) is 0. The van der Waals surface area contributed by atoms with Crippen molar-refractivity contribution in [2.75, 3.05) is 32.9 Å². The van der Waals surface area contributed by atoms with Gasteiger partial charge in [-0.1, -0.05) is 55.5 Å². The molecule has 1 aliphatic heterocycles. The lowest BCUT2D eigenvalue weighted by molar-refractivity contribution is 0.0264. The van der Waals surface area contributed by atoms with Crippen molar-refractivity contribution in [3.8, 4) is 0 Å². The molecule has 0 bridgehead atoms. The molecule has 0 N–H and O–H groups in total. The largest absolute Gasteiger partial charge is 0.449 e. The highest BCUT2D eigenvalue weighted by Gasteiger charge is 2.21. The molecule has 1 aliphatic rings. The van der Waals surface area contributed by atoms with Crippen molar-refractivity contribution < 1.29 is 14.3 Å². The predicted molar refractivity (Wildman–Crippen MR) is 122 cm³/mol. The molecule has 0 spiro atoms. The van der Waals surface area contributed by atoms with Gasteiger partial charge < -0.3 is 14.4 Å². The molecular formula is C25H29NO3S. The lowest BCUT2D eigenvalue weighted by Crippen LogP contribution is -2.41. The number of carbonyl (C=O) groups is 1. The Morgan fingerprint density at radius 1 is 1.10 bits per heavy atom. The van der Waals surface area contributed by atoms with Crippen LogP contribution in [-0.2, 0) is 9.47 Å². The molecule has 1 amide bonds. The number of nitrogens with zero attached hydrogens (tertiary/aromatic N) is 1. The molecule has 2 atom stereocenters. The average molecular weight is 424 g/mol. The monoisotopic (exact) mass is 423 g/mol. The van der Waals surface area contributed by atoms with Crippen LogP contribution in [0.4, 0.5) is 4.79 Å². The molecule has 5 heteroatoms. The summed E-state index contributed by atoms with van der Waals surface area (Å²) >= 11 is 1.82. The van der Waals surface area contributed by atoms with Crippen LogP contribution in [0.5, 0.6) is 0 Å². The van der Waals surface area contributed by atoms with Gasteiger partial charge in [-0.3, -0.25) is 0 Å². The minimum Gasteiger partial charge on any atom is -0.449 e. The topological polar surface area (TPSA) is 38.8 Å². The van der Waals surface area contributed by atoms with E-state index in [1.165, 1.54) is 21.2 Å². The highest BCUT2D eigenvalue weighted by Crippen LogP contribution is 2.37. The third-order valence-electron chi connectivity index (χ3n) is 5.91. The van der Waals surface area contributed by atoms with Gasteiger partial charge in [0.05, 0.1) is 19.8 Å². The van der Waals surface area contributed by atoms with E-state index in [-0.39, 0.29) is 6.09 Å². The van der Waals surface area contributed by atoms with Gasteiger partial charge in [0.25, 0.3) is 0 Å². The van der Waals surface area contributed by atoms with Crippen LogP contribution in [0.25, 0.3) is 10.1 Å². The fourth-order valence-corrected chi connectivity index (χ4v) is 5.29. The second-order valence-electron chi connectivity index (χ2n) is 7.93. The molecule has 0 radical (unpaired) electrons. The zero-order chi connectivity index (χ0) is 20.8. The number of fused-ring (bicyclic) bond motifs is 1. The average Bonchev–Trinajstić information content (AvgIpc) is 3.24. The van der Waals surface area contributed by atoms with Crippen molar-refractivity contribution in [2.45, 2.75) is 31.6 Å². The van der Waals surface area contributed by atoms with Crippen LogP contribution in [0.15, 0.2) is 60.0 Å². The summed E-state index contributed by atoms with van der Waals surface area (Å²) in [6, 6.07) is 19.2. The molecular weight excluding hydrogens is 394 g/mol. The van der Waals surface area contributed by atoms with Crippen molar-refractivity contribution in [2.24, 2.45) is 0 Å². The highest BCUT2D eigenvalue weighted by atomic mass is 32.1. The van der Waals surface area contributed by atoms with E-state index >= 15 is 0 Å². The Bertz CT molecular complexity index is 949. The zero-order valence-corrected chi connectivity index (χ0v) is 18.3. The van der Waals surface area contributed by atoms with Crippen molar-refractivity contribution in [1.82, 2.24) is 4.90 Å². The van der Waals surface area contributed by atoms with E-state index < -0.39 is 0 Å². The van der Waals surface area contributed by atoms with E-state index in [9.17, 15) is 4.79 Å². The van der Waals surface area contributed by atoms with E-state index in [0.29, 0.717) is 44.7 Å². The summed E-state index contributed by atoms with van der Waals surface area (Å²) in [6.07, 6.45) is 1.63. The maximum atomic E-state index is 12.3. The summed E-state index contributed by atoms with van der Waals surface area (Å²) in [5, 5.41) is 3.66. The molecule has 1 aromatic heterocycles. The normalized spacial score (nSPS) is 16.4. The Balaban J connectivity index is 1.42. The standard InChI is InChI=1S/C25H29NO3S/c1-19(23-18-30-24-10-6-5-9-22(23)24)17-21(20-7-3-2-4-8-20)11-14-29-25(27)26-12-15-28-16-13-26/h2-10,18-19,21H,11-17H2,1H3/t19-,21-/m0/s1. The molecule has 0 saturated carbocycles. The van der Waals surface area contributed by atoms with Gasteiger partial charge >= 0.3 is 6.09 Å². The maximum Gasteiger partial charge on any atom is 0.409 e. The highest BCUT2D eigenvalue weighted by molar-refractivity contribution is 7.17. The summed E-state index contributed by atoms with van der Waals surface area (Å²) in [5.41, 5.74) is 2.73. The second kappa shape index (κ2) is 10.1. The lowest BCUT2D eigenvalue weighted by Gasteiger charge is -2.27. The first-order valence-corrected chi connectivity index (χ1v) is 11.6. The summed E-state index contributed by atoms with van der Waals surface area (Å²) in [7, 11) is 0. The molecule has 0 unspecified atom stereocenters. The number of amides is 1. The fraction of sp³-hybridized carbons (Fsp3) is 0.400. The second-order valence-corrected chi connectivity index (χ2v) is 8.85.